The molecule has 0 saturated carbocycles. The van der Waals surface area contributed by atoms with E-state index in [0.29, 0.717) is 13.2 Å². The summed E-state index contributed by atoms with van der Waals surface area (Å²) in [6.07, 6.45) is 2.04. The lowest BCUT2D eigenvalue weighted by atomic mass is 9.97. The zero-order valence-corrected chi connectivity index (χ0v) is 11.7. The van der Waals surface area contributed by atoms with Gasteiger partial charge in [0.15, 0.2) is 0 Å². The number of hydrogen-bond acceptors (Lipinski definition) is 3. The minimum atomic E-state index is -0.00671. The standard InChI is InChI=1S/C15H22N2O2/c1-3-19-10-11(2)17-15(18)13-6-4-8-14-12(13)7-5-9-16-14/h4,6,8,11,16H,3,5,7,9-10H2,1-2H3,(H,17,18). The van der Waals surface area contributed by atoms with Crippen molar-refractivity contribution in [3.63, 3.8) is 0 Å². The van der Waals surface area contributed by atoms with Crippen LogP contribution in [0.4, 0.5) is 5.69 Å². The van der Waals surface area contributed by atoms with Crippen LogP contribution in [0.2, 0.25) is 0 Å². The van der Waals surface area contributed by atoms with E-state index in [1.807, 2.05) is 32.0 Å². The van der Waals surface area contributed by atoms with Crippen molar-refractivity contribution in [2.45, 2.75) is 32.7 Å². The van der Waals surface area contributed by atoms with Crippen LogP contribution in [0.25, 0.3) is 0 Å². The van der Waals surface area contributed by atoms with E-state index in [-0.39, 0.29) is 11.9 Å². The van der Waals surface area contributed by atoms with Crippen LogP contribution in [0.15, 0.2) is 18.2 Å². The Morgan fingerprint density at radius 1 is 1.53 bits per heavy atom. The van der Waals surface area contributed by atoms with E-state index >= 15 is 0 Å². The smallest absolute Gasteiger partial charge is 0.251 e. The number of fused-ring (bicyclic) bond motifs is 1. The Kier molecular flexibility index (Phi) is 4.80. The van der Waals surface area contributed by atoms with Gasteiger partial charge in [-0.25, -0.2) is 0 Å². The van der Waals surface area contributed by atoms with Crippen LogP contribution in [-0.4, -0.2) is 31.7 Å². The molecule has 2 rings (SSSR count). The van der Waals surface area contributed by atoms with Gasteiger partial charge in [0.1, 0.15) is 0 Å². The maximum atomic E-state index is 12.3. The van der Waals surface area contributed by atoms with Crippen molar-refractivity contribution < 1.29 is 9.53 Å². The van der Waals surface area contributed by atoms with E-state index in [0.717, 1.165) is 36.2 Å². The third-order valence-electron chi connectivity index (χ3n) is 3.29. The normalized spacial score (nSPS) is 15.3. The van der Waals surface area contributed by atoms with E-state index in [2.05, 4.69) is 10.6 Å². The average molecular weight is 262 g/mol. The van der Waals surface area contributed by atoms with Crippen molar-refractivity contribution in [2.75, 3.05) is 25.1 Å². The highest BCUT2D eigenvalue weighted by atomic mass is 16.5. The van der Waals surface area contributed by atoms with Gasteiger partial charge in [0.05, 0.1) is 6.61 Å². The lowest BCUT2D eigenvalue weighted by Crippen LogP contribution is -2.36. The molecule has 0 spiro atoms. The minimum absolute atomic E-state index is 0.00671. The first-order valence-electron chi connectivity index (χ1n) is 6.96. The largest absolute Gasteiger partial charge is 0.385 e. The van der Waals surface area contributed by atoms with Gasteiger partial charge in [0.25, 0.3) is 5.91 Å². The summed E-state index contributed by atoms with van der Waals surface area (Å²) < 4.78 is 5.32. The highest BCUT2D eigenvalue weighted by Gasteiger charge is 2.18. The van der Waals surface area contributed by atoms with Gasteiger partial charge in [-0.1, -0.05) is 6.07 Å². The lowest BCUT2D eigenvalue weighted by molar-refractivity contribution is 0.0871. The van der Waals surface area contributed by atoms with Gasteiger partial charge >= 0.3 is 0 Å². The minimum Gasteiger partial charge on any atom is -0.385 e. The van der Waals surface area contributed by atoms with Gasteiger partial charge in [0.2, 0.25) is 0 Å². The first-order chi connectivity index (χ1) is 9.22. The second-order valence-corrected chi connectivity index (χ2v) is 4.90. The van der Waals surface area contributed by atoms with Crippen molar-refractivity contribution in [1.82, 2.24) is 5.32 Å². The number of amides is 1. The molecule has 0 fully saturated rings. The molecule has 1 unspecified atom stereocenters. The highest BCUT2D eigenvalue weighted by molar-refractivity contribution is 5.97. The number of anilines is 1. The molecular formula is C15H22N2O2. The summed E-state index contributed by atoms with van der Waals surface area (Å²) >= 11 is 0. The molecule has 0 saturated heterocycles. The van der Waals surface area contributed by atoms with Gasteiger partial charge in [-0.05, 0) is 44.4 Å². The number of rotatable bonds is 5. The van der Waals surface area contributed by atoms with Crippen molar-refractivity contribution >= 4 is 11.6 Å². The maximum Gasteiger partial charge on any atom is 0.251 e. The Labute approximate surface area is 114 Å². The van der Waals surface area contributed by atoms with E-state index in [1.165, 1.54) is 0 Å². The van der Waals surface area contributed by atoms with Gasteiger partial charge in [-0.15, -0.1) is 0 Å². The summed E-state index contributed by atoms with van der Waals surface area (Å²) in [5.41, 5.74) is 3.01. The SMILES string of the molecule is CCOCC(C)NC(=O)c1cccc2c1CCCN2. The van der Waals surface area contributed by atoms with Crippen molar-refractivity contribution in [3.05, 3.63) is 29.3 Å². The molecule has 1 aromatic rings. The predicted octanol–water partition coefficient (Wildman–Crippen LogP) is 2.20. The first kappa shape index (κ1) is 13.9. The second-order valence-electron chi connectivity index (χ2n) is 4.90. The number of ether oxygens (including phenoxy) is 1. The quantitative estimate of drug-likeness (QED) is 0.855. The fraction of sp³-hybridized carbons (Fsp3) is 0.533. The molecule has 1 aromatic carbocycles. The van der Waals surface area contributed by atoms with Crippen LogP contribution in [0, 0.1) is 0 Å². The summed E-state index contributed by atoms with van der Waals surface area (Å²) in [6, 6.07) is 5.89. The van der Waals surface area contributed by atoms with Gasteiger partial charge in [-0.3, -0.25) is 4.79 Å². The Morgan fingerprint density at radius 3 is 3.16 bits per heavy atom. The number of carbonyl (C=O) groups excluding carboxylic acids is 1. The van der Waals surface area contributed by atoms with Crippen LogP contribution < -0.4 is 10.6 Å². The number of benzene rings is 1. The molecule has 1 heterocycles. The van der Waals surface area contributed by atoms with E-state index < -0.39 is 0 Å². The van der Waals surface area contributed by atoms with Gasteiger partial charge in [0, 0.05) is 30.4 Å². The van der Waals surface area contributed by atoms with E-state index in [9.17, 15) is 4.79 Å². The Morgan fingerprint density at radius 2 is 2.37 bits per heavy atom. The van der Waals surface area contributed by atoms with Gasteiger partial charge in [-0.2, -0.15) is 0 Å². The predicted molar refractivity (Wildman–Crippen MR) is 76.7 cm³/mol. The fourth-order valence-corrected chi connectivity index (χ4v) is 2.36. The highest BCUT2D eigenvalue weighted by Crippen LogP contribution is 2.25. The Hall–Kier alpha value is -1.55. The molecule has 1 amide bonds. The molecule has 1 atom stereocenters. The third-order valence-corrected chi connectivity index (χ3v) is 3.29. The topological polar surface area (TPSA) is 50.4 Å². The van der Waals surface area contributed by atoms with Crippen LogP contribution in [-0.2, 0) is 11.2 Å². The Bertz CT molecular complexity index is 446. The first-order valence-corrected chi connectivity index (χ1v) is 6.96. The van der Waals surface area contributed by atoms with Crippen LogP contribution in [0.5, 0.6) is 0 Å². The molecule has 1 aliphatic heterocycles. The van der Waals surface area contributed by atoms with Crippen LogP contribution >= 0.6 is 0 Å². The average Bonchev–Trinajstić information content (AvgIpc) is 2.44. The summed E-state index contributed by atoms with van der Waals surface area (Å²) in [4.78, 5) is 12.3. The summed E-state index contributed by atoms with van der Waals surface area (Å²) in [5.74, 6) is -0.00671. The van der Waals surface area contributed by atoms with E-state index in [1.54, 1.807) is 0 Å². The van der Waals surface area contributed by atoms with E-state index in [4.69, 9.17) is 4.74 Å². The summed E-state index contributed by atoms with van der Waals surface area (Å²) in [7, 11) is 0. The zero-order chi connectivity index (χ0) is 13.7. The second kappa shape index (κ2) is 6.57. The Balaban J connectivity index is 2.07. The van der Waals surface area contributed by atoms with Crippen LogP contribution in [0.1, 0.15) is 36.2 Å². The third kappa shape index (κ3) is 3.47. The zero-order valence-electron chi connectivity index (χ0n) is 11.7. The van der Waals surface area contributed by atoms with Crippen molar-refractivity contribution in [3.8, 4) is 0 Å². The maximum absolute atomic E-state index is 12.3. The number of nitrogens with one attached hydrogen (secondary N) is 2. The summed E-state index contributed by atoms with van der Waals surface area (Å²) in [5, 5.41) is 6.33. The number of carbonyl (C=O) groups is 1. The number of hydrogen-bond donors (Lipinski definition) is 2. The van der Waals surface area contributed by atoms with Crippen molar-refractivity contribution in [2.24, 2.45) is 0 Å². The molecule has 1 aliphatic rings. The molecular weight excluding hydrogens is 240 g/mol. The molecule has 0 bridgehead atoms. The van der Waals surface area contributed by atoms with Gasteiger partial charge < -0.3 is 15.4 Å². The molecule has 0 radical (unpaired) electrons. The molecule has 4 heteroatoms. The lowest BCUT2D eigenvalue weighted by Gasteiger charge is -2.21. The molecule has 0 aromatic heterocycles. The molecule has 19 heavy (non-hydrogen) atoms. The fourth-order valence-electron chi connectivity index (χ4n) is 2.36. The van der Waals surface area contributed by atoms with Crippen LogP contribution in [0.3, 0.4) is 0 Å². The summed E-state index contributed by atoms with van der Waals surface area (Å²) in [6.45, 7) is 6.12. The van der Waals surface area contributed by atoms with Crippen molar-refractivity contribution in [1.29, 1.82) is 0 Å². The molecule has 4 nitrogen and oxygen atoms in total. The molecule has 0 aliphatic carbocycles. The monoisotopic (exact) mass is 262 g/mol. The molecule has 2 N–H and O–H groups in total. The molecule has 104 valence electrons.